The molecule has 19 heavy (non-hydrogen) atoms. The van der Waals surface area contributed by atoms with Crippen LogP contribution < -0.4 is 10.5 Å². The molecule has 0 saturated heterocycles. The quantitative estimate of drug-likeness (QED) is 0.667. The van der Waals surface area contributed by atoms with Gasteiger partial charge in [0, 0.05) is 23.7 Å². The van der Waals surface area contributed by atoms with Crippen molar-refractivity contribution < 1.29 is 9.53 Å². The highest BCUT2D eigenvalue weighted by Crippen LogP contribution is 2.49. The van der Waals surface area contributed by atoms with E-state index >= 15 is 0 Å². The van der Waals surface area contributed by atoms with Crippen LogP contribution in [-0.4, -0.2) is 12.9 Å². The van der Waals surface area contributed by atoms with Crippen LogP contribution in [0.4, 0.5) is 5.69 Å². The average Bonchev–Trinajstić information content (AvgIpc) is 3.00. The summed E-state index contributed by atoms with van der Waals surface area (Å²) in [6.07, 6.45) is 5.95. The summed E-state index contributed by atoms with van der Waals surface area (Å²) in [4.78, 5) is 12.4. The van der Waals surface area contributed by atoms with Crippen LogP contribution in [0.2, 0.25) is 0 Å². The molecule has 0 heterocycles. The summed E-state index contributed by atoms with van der Waals surface area (Å²) < 4.78 is 5.11. The summed E-state index contributed by atoms with van der Waals surface area (Å²) >= 11 is 0. The molecule has 0 aromatic heterocycles. The maximum absolute atomic E-state index is 12.4. The number of carbonyl (C=O) groups excluding carboxylic acids is 1. The maximum atomic E-state index is 12.4. The molecule has 2 bridgehead atoms. The molecule has 0 aliphatic heterocycles. The van der Waals surface area contributed by atoms with E-state index in [1.165, 1.54) is 25.7 Å². The van der Waals surface area contributed by atoms with Gasteiger partial charge >= 0.3 is 0 Å². The van der Waals surface area contributed by atoms with Crippen LogP contribution >= 0.6 is 0 Å². The average molecular weight is 259 g/mol. The number of benzene rings is 1. The van der Waals surface area contributed by atoms with Crippen molar-refractivity contribution in [3.63, 3.8) is 0 Å². The first kappa shape index (κ1) is 12.5. The van der Waals surface area contributed by atoms with Crippen molar-refractivity contribution in [3.05, 3.63) is 23.8 Å². The minimum atomic E-state index is 0.192. The van der Waals surface area contributed by atoms with Crippen LogP contribution in [0.5, 0.6) is 5.75 Å². The Kier molecular flexibility index (Phi) is 3.21. The zero-order chi connectivity index (χ0) is 13.4. The number of anilines is 1. The number of nitrogens with two attached hydrogens (primary N) is 1. The Labute approximate surface area is 114 Å². The van der Waals surface area contributed by atoms with E-state index in [2.05, 4.69) is 0 Å². The van der Waals surface area contributed by atoms with Crippen molar-refractivity contribution in [2.24, 2.45) is 17.8 Å². The SMILES string of the molecule is COc1ccc(C(=O)CC2CC3CCC2C3)c(N)c1. The summed E-state index contributed by atoms with van der Waals surface area (Å²) in [5, 5.41) is 0. The number of hydrogen-bond acceptors (Lipinski definition) is 3. The zero-order valence-corrected chi connectivity index (χ0v) is 11.4. The highest BCUT2D eigenvalue weighted by molar-refractivity contribution is 6.01. The highest BCUT2D eigenvalue weighted by atomic mass is 16.5. The van der Waals surface area contributed by atoms with E-state index in [0.717, 1.165) is 11.8 Å². The summed E-state index contributed by atoms with van der Waals surface area (Å²) in [6, 6.07) is 5.34. The molecule has 2 fully saturated rings. The normalized spacial score (nSPS) is 28.6. The fourth-order valence-electron chi connectivity index (χ4n) is 3.90. The summed E-state index contributed by atoms with van der Waals surface area (Å²) in [7, 11) is 1.60. The fraction of sp³-hybridized carbons (Fsp3) is 0.562. The van der Waals surface area contributed by atoms with Gasteiger partial charge in [0.15, 0.2) is 5.78 Å². The third-order valence-electron chi connectivity index (χ3n) is 4.89. The molecule has 2 aliphatic rings. The Hall–Kier alpha value is -1.51. The van der Waals surface area contributed by atoms with Gasteiger partial charge in [0.25, 0.3) is 0 Å². The lowest BCUT2D eigenvalue weighted by Crippen LogP contribution is -2.16. The molecule has 0 spiro atoms. The van der Waals surface area contributed by atoms with Gasteiger partial charge in [0.05, 0.1) is 7.11 Å². The molecule has 1 aromatic carbocycles. The monoisotopic (exact) mass is 259 g/mol. The van der Waals surface area contributed by atoms with Gasteiger partial charge in [-0.1, -0.05) is 6.42 Å². The smallest absolute Gasteiger partial charge is 0.165 e. The summed E-state index contributed by atoms with van der Waals surface area (Å²) in [6.45, 7) is 0. The molecule has 102 valence electrons. The van der Waals surface area contributed by atoms with Gasteiger partial charge in [0.2, 0.25) is 0 Å². The lowest BCUT2D eigenvalue weighted by molar-refractivity contribution is 0.0945. The van der Waals surface area contributed by atoms with Crippen LogP contribution in [0.15, 0.2) is 18.2 Å². The lowest BCUT2D eigenvalue weighted by atomic mass is 9.84. The minimum absolute atomic E-state index is 0.192. The Morgan fingerprint density at radius 3 is 2.79 bits per heavy atom. The first-order valence-electron chi connectivity index (χ1n) is 7.14. The molecule has 0 radical (unpaired) electrons. The van der Waals surface area contributed by atoms with Gasteiger partial charge in [-0.3, -0.25) is 4.79 Å². The molecular weight excluding hydrogens is 238 g/mol. The third kappa shape index (κ3) is 2.34. The predicted octanol–water partition coefficient (Wildman–Crippen LogP) is 3.29. The Morgan fingerprint density at radius 2 is 2.21 bits per heavy atom. The Bertz CT molecular complexity index is 498. The van der Waals surface area contributed by atoms with E-state index in [0.29, 0.717) is 29.3 Å². The van der Waals surface area contributed by atoms with E-state index in [9.17, 15) is 4.79 Å². The highest BCUT2D eigenvalue weighted by Gasteiger charge is 2.40. The molecule has 3 unspecified atom stereocenters. The van der Waals surface area contributed by atoms with Crippen molar-refractivity contribution in [2.45, 2.75) is 32.1 Å². The molecule has 0 amide bonds. The van der Waals surface area contributed by atoms with Gasteiger partial charge in [0.1, 0.15) is 5.75 Å². The standard InChI is InChI=1S/C16H21NO2/c1-19-13-4-5-14(15(17)9-13)16(18)8-12-7-10-2-3-11(12)6-10/h4-5,9-12H,2-3,6-8,17H2,1H3. The van der Waals surface area contributed by atoms with Gasteiger partial charge < -0.3 is 10.5 Å². The second-order valence-corrected chi connectivity index (χ2v) is 6.02. The number of Topliss-reactive ketones (excluding diaryl/α,β-unsaturated/α-hetero) is 1. The molecule has 3 atom stereocenters. The number of ketones is 1. The van der Waals surface area contributed by atoms with Crippen molar-refractivity contribution in [2.75, 3.05) is 12.8 Å². The minimum Gasteiger partial charge on any atom is -0.497 e. The van der Waals surface area contributed by atoms with Crippen molar-refractivity contribution in [3.8, 4) is 5.75 Å². The van der Waals surface area contributed by atoms with Gasteiger partial charge in [-0.2, -0.15) is 0 Å². The number of carbonyl (C=O) groups is 1. The second kappa shape index (κ2) is 4.87. The largest absolute Gasteiger partial charge is 0.497 e. The molecule has 2 aliphatic carbocycles. The van der Waals surface area contributed by atoms with Crippen LogP contribution in [0.25, 0.3) is 0 Å². The lowest BCUT2D eigenvalue weighted by Gasteiger charge is -2.21. The van der Waals surface area contributed by atoms with Gasteiger partial charge in [-0.05, 0) is 49.1 Å². The van der Waals surface area contributed by atoms with Gasteiger partial charge in [-0.25, -0.2) is 0 Å². The van der Waals surface area contributed by atoms with Crippen LogP contribution in [0.3, 0.4) is 0 Å². The molecule has 2 N–H and O–H groups in total. The number of nitrogen functional groups attached to an aromatic ring is 1. The summed E-state index contributed by atoms with van der Waals surface area (Å²) in [5.74, 6) is 3.16. The predicted molar refractivity (Wildman–Crippen MR) is 75.3 cm³/mol. The third-order valence-corrected chi connectivity index (χ3v) is 4.89. The topological polar surface area (TPSA) is 52.3 Å². The van der Waals surface area contributed by atoms with Crippen molar-refractivity contribution in [1.82, 2.24) is 0 Å². The maximum Gasteiger partial charge on any atom is 0.165 e. The van der Waals surface area contributed by atoms with Crippen LogP contribution in [0, 0.1) is 17.8 Å². The van der Waals surface area contributed by atoms with E-state index in [1.54, 1.807) is 19.2 Å². The first-order chi connectivity index (χ1) is 9.17. The van der Waals surface area contributed by atoms with Crippen LogP contribution in [0.1, 0.15) is 42.5 Å². The molecule has 1 aromatic rings. The fourth-order valence-corrected chi connectivity index (χ4v) is 3.90. The molecular formula is C16H21NO2. The number of rotatable bonds is 4. The Morgan fingerprint density at radius 1 is 1.37 bits per heavy atom. The van der Waals surface area contributed by atoms with E-state index in [-0.39, 0.29) is 5.78 Å². The molecule has 2 saturated carbocycles. The Balaban J connectivity index is 1.70. The van der Waals surface area contributed by atoms with Gasteiger partial charge in [-0.15, -0.1) is 0 Å². The number of methoxy groups -OCH3 is 1. The van der Waals surface area contributed by atoms with Crippen molar-refractivity contribution >= 4 is 11.5 Å². The number of fused-ring (bicyclic) bond motifs is 2. The van der Waals surface area contributed by atoms with E-state index < -0.39 is 0 Å². The summed E-state index contributed by atoms with van der Waals surface area (Å²) in [5.41, 5.74) is 7.14. The molecule has 3 nitrogen and oxygen atoms in total. The van der Waals surface area contributed by atoms with E-state index in [1.807, 2.05) is 6.07 Å². The zero-order valence-electron chi connectivity index (χ0n) is 11.4. The molecule has 3 heteroatoms. The second-order valence-electron chi connectivity index (χ2n) is 6.02. The van der Waals surface area contributed by atoms with Crippen molar-refractivity contribution in [1.29, 1.82) is 0 Å². The molecule has 3 rings (SSSR count). The first-order valence-corrected chi connectivity index (χ1v) is 7.14. The van der Waals surface area contributed by atoms with E-state index in [4.69, 9.17) is 10.5 Å². The van der Waals surface area contributed by atoms with Crippen LogP contribution in [-0.2, 0) is 0 Å². The number of hydrogen-bond donors (Lipinski definition) is 1. The number of ether oxygens (including phenoxy) is 1.